The lowest BCUT2D eigenvalue weighted by Crippen LogP contribution is -2.33. The maximum absolute atomic E-state index is 4.76. The highest BCUT2D eigenvalue weighted by Gasteiger charge is 2.22. The van der Waals surface area contributed by atoms with Crippen molar-refractivity contribution in [1.82, 2.24) is 19.9 Å². The van der Waals surface area contributed by atoms with Crippen LogP contribution < -0.4 is 10.2 Å². The number of thiazole rings is 1. The second kappa shape index (κ2) is 5.54. The first-order valence-electron chi connectivity index (χ1n) is 7.14. The Labute approximate surface area is 123 Å². The van der Waals surface area contributed by atoms with Gasteiger partial charge in [-0.3, -0.25) is 0 Å². The zero-order chi connectivity index (χ0) is 14.1. The zero-order valence-corrected chi connectivity index (χ0v) is 13.1. The number of hydrogen-bond donors (Lipinski definition) is 1. The number of nitrogens with one attached hydrogen (secondary N) is 1. The van der Waals surface area contributed by atoms with E-state index in [1.807, 2.05) is 6.20 Å². The number of anilines is 1. The van der Waals surface area contributed by atoms with Crippen molar-refractivity contribution >= 4 is 16.5 Å². The molecule has 0 saturated carbocycles. The van der Waals surface area contributed by atoms with Crippen LogP contribution in [0, 0.1) is 6.92 Å². The molecule has 1 aliphatic rings. The fourth-order valence-corrected chi connectivity index (χ4v) is 3.78. The van der Waals surface area contributed by atoms with Crippen LogP contribution in [0.1, 0.15) is 36.3 Å². The number of imidazole rings is 1. The predicted octanol–water partition coefficient (Wildman–Crippen LogP) is 2.34. The smallest absolute Gasteiger partial charge is 0.186 e. The standard InChI is InChI=1S/C14H21N5S/c1-4-15-10(2)13-11(3)17-14(20-13)19-8-7-18-6-5-16-12(18)9-19/h5-6,10,15H,4,7-9H2,1-3H3. The summed E-state index contributed by atoms with van der Waals surface area (Å²) in [6.45, 7) is 10.3. The summed E-state index contributed by atoms with van der Waals surface area (Å²) in [4.78, 5) is 12.9. The van der Waals surface area contributed by atoms with E-state index in [0.717, 1.165) is 42.8 Å². The molecular formula is C14H21N5S. The summed E-state index contributed by atoms with van der Waals surface area (Å²) in [6.07, 6.45) is 3.93. The van der Waals surface area contributed by atoms with Crippen molar-refractivity contribution in [3.63, 3.8) is 0 Å². The van der Waals surface area contributed by atoms with Gasteiger partial charge < -0.3 is 14.8 Å². The summed E-state index contributed by atoms with van der Waals surface area (Å²) >= 11 is 1.81. The highest BCUT2D eigenvalue weighted by molar-refractivity contribution is 7.15. The van der Waals surface area contributed by atoms with Gasteiger partial charge in [0.2, 0.25) is 0 Å². The van der Waals surface area contributed by atoms with Crippen LogP contribution in [0.25, 0.3) is 0 Å². The molecule has 1 N–H and O–H groups in total. The Balaban J connectivity index is 1.80. The van der Waals surface area contributed by atoms with E-state index in [4.69, 9.17) is 4.98 Å². The molecular weight excluding hydrogens is 270 g/mol. The number of aromatic nitrogens is 3. The number of fused-ring (bicyclic) bond motifs is 1. The summed E-state index contributed by atoms with van der Waals surface area (Å²) in [7, 11) is 0. The van der Waals surface area contributed by atoms with Crippen molar-refractivity contribution in [1.29, 1.82) is 0 Å². The van der Waals surface area contributed by atoms with Crippen LogP contribution in [-0.2, 0) is 13.1 Å². The van der Waals surface area contributed by atoms with E-state index in [9.17, 15) is 0 Å². The largest absolute Gasteiger partial charge is 0.339 e. The van der Waals surface area contributed by atoms with Gasteiger partial charge in [-0.25, -0.2) is 9.97 Å². The molecule has 0 aliphatic carbocycles. The molecule has 6 heteroatoms. The molecule has 1 atom stereocenters. The van der Waals surface area contributed by atoms with E-state index >= 15 is 0 Å². The lowest BCUT2D eigenvalue weighted by Gasteiger charge is -2.27. The summed E-state index contributed by atoms with van der Waals surface area (Å²) < 4.78 is 2.22. The highest BCUT2D eigenvalue weighted by Crippen LogP contribution is 2.32. The van der Waals surface area contributed by atoms with Crippen molar-refractivity contribution in [2.75, 3.05) is 18.0 Å². The lowest BCUT2D eigenvalue weighted by molar-refractivity contribution is 0.559. The molecule has 3 rings (SSSR count). The summed E-state index contributed by atoms with van der Waals surface area (Å²) in [5, 5.41) is 4.59. The van der Waals surface area contributed by atoms with Gasteiger partial charge in [0, 0.05) is 36.4 Å². The molecule has 2 aromatic heterocycles. The zero-order valence-electron chi connectivity index (χ0n) is 12.3. The van der Waals surface area contributed by atoms with Gasteiger partial charge in [0.25, 0.3) is 0 Å². The van der Waals surface area contributed by atoms with E-state index in [1.165, 1.54) is 4.88 Å². The fraction of sp³-hybridized carbons (Fsp3) is 0.571. The van der Waals surface area contributed by atoms with Gasteiger partial charge in [-0.05, 0) is 20.4 Å². The Morgan fingerprint density at radius 1 is 1.45 bits per heavy atom. The van der Waals surface area contributed by atoms with Crippen LogP contribution >= 0.6 is 11.3 Å². The molecule has 0 radical (unpaired) electrons. The first-order valence-corrected chi connectivity index (χ1v) is 7.96. The van der Waals surface area contributed by atoms with Gasteiger partial charge in [-0.1, -0.05) is 18.3 Å². The molecule has 1 aliphatic heterocycles. The lowest BCUT2D eigenvalue weighted by atomic mass is 10.2. The van der Waals surface area contributed by atoms with Gasteiger partial charge in [-0.2, -0.15) is 0 Å². The van der Waals surface area contributed by atoms with Gasteiger partial charge >= 0.3 is 0 Å². The van der Waals surface area contributed by atoms with Crippen molar-refractivity contribution in [3.05, 3.63) is 28.8 Å². The molecule has 0 amide bonds. The average molecular weight is 291 g/mol. The Morgan fingerprint density at radius 3 is 3.10 bits per heavy atom. The van der Waals surface area contributed by atoms with Crippen LogP contribution in [0.2, 0.25) is 0 Å². The molecule has 0 aromatic carbocycles. The fourth-order valence-electron chi connectivity index (χ4n) is 2.67. The van der Waals surface area contributed by atoms with E-state index in [0.29, 0.717) is 6.04 Å². The molecule has 1 unspecified atom stereocenters. The summed E-state index contributed by atoms with van der Waals surface area (Å²) in [5.41, 5.74) is 1.15. The Bertz CT molecular complexity index is 588. The SMILES string of the molecule is CCNC(C)c1sc(N2CCn3ccnc3C2)nc1C. The molecule has 0 fully saturated rings. The second-order valence-corrected chi connectivity index (χ2v) is 6.19. The molecule has 5 nitrogen and oxygen atoms in total. The number of nitrogens with zero attached hydrogens (tertiary/aromatic N) is 4. The van der Waals surface area contributed by atoms with Gasteiger partial charge in [0.05, 0.1) is 12.2 Å². The van der Waals surface area contributed by atoms with Crippen molar-refractivity contribution < 1.29 is 0 Å². The predicted molar refractivity (Wildman–Crippen MR) is 82.2 cm³/mol. The molecule has 108 valence electrons. The molecule has 20 heavy (non-hydrogen) atoms. The minimum absolute atomic E-state index is 0.373. The van der Waals surface area contributed by atoms with Gasteiger partial charge in [0.15, 0.2) is 5.13 Å². The minimum Gasteiger partial charge on any atom is -0.339 e. The average Bonchev–Trinajstić information content (AvgIpc) is 3.04. The van der Waals surface area contributed by atoms with Crippen molar-refractivity contribution in [3.8, 4) is 0 Å². The van der Waals surface area contributed by atoms with Gasteiger partial charge in [-0.15, -0.1) is 0 Å². The van der Waals surface area contributed by atoms with Crippen LogP contribution in [0.4, 0.5) is 5.13 Å². The molecule has 0 spiro atoms. The highest BCUT2D eigenvalue weighted by atomic mass is 32.1. The van der Waals surface area contributed by atoms with Crippen LogP contribution in [0.3, 0.4) is 0 Å². The normalized spacial score (nSPS) is 16.2. The molecule has 0 bridgehead atoms. The summed E-state index contributed by atoms with van der Waals surface area (Å²) in [6, 6.07) is 0.373. The van der Waals surface area contributed by atoms with E-state index in [2.05, 4.69) is 46.7 Å². The first kappa shape index (κ1) is 13.6. The summed E-state index contributed by atoms with van der Waals surface area (Å²) in [5.74, 6) is 1.13. The van der Waals surface area contributed by atoms with Crippen LogP contribution in [0.5, 0.6) is 0 Å². The monoisotopic (exact) mass is 291 g/mol. The Kier molecular flexibility index (Phi) is 3.76. The second-order valence-electron chi connectivity index (χ2n) is 5.18. The molecule has 2 aromatic rings. The van der Waals surface area contributed by atoms with E-state index in [1.54, 1.807) is 11.3 Å². The maximum Gasteiger partial charge on any atom is 0.186 e. The van der Waals surface area contributed by atoms with Crippen molar-refractivity contribution in [2.24, 2.45) is 0 Å². The third kappa shape index (κ3) is 2.45. The third-order valence-corrected chi connectivity index (χ3v) is 5.14. The van der Waals surface area contributed by atoms with Gasteiger partial charge in [0.1, 0.15) is 5.82 Å². The van der Waals surface area contributed by atoms with Crippen LogP contribution in [-0.4, -0.2) is 27.6 Å². The van der Waals surface area contributed by atoms with Crippen molar-refractivity contribution in [2.45, 2.75) is 39.9 Å². The Hall–Kier alpha value is -1.40. The quantitative estimate of drug-likeness (QED) is 0.939. The minimum atomic E-state index is 0.373. The topological polar surface area (TPSA) is 46.0 Å². The number of aryl methyl sites for hydroxylation is 1. The van der Waals surface area contributed by atoms with Crippen LogP contribution in [0.15, 0.2) is 12.4 Å². The maximum atomic E-state index is 4.76. The number of hydrogen-bond acceptors (Lipinski definition) is 5. The Morgan fingerprint density at radius 2 is 2.30 bits per heavy atom. The molecule has 3 heterocycles. The van der Waals surface area contributed by atoms with E-state index < -0.39 is 0 Å². The first-order chi connectivity index (χ1) is 9.69. The number of rotatable bonds is 4. The van der Waals surface area contributed by atoms with E-state index in [-0.39, 0.29) is 0 Å². The molecule has 0 saturated heterocycles. The third-order valence-electron chi connectivity index (χ3n) is 3.74.